The number of hydrogen-bond acceptors (Lipinski definition) is 7. The van der Waals surface area contributed by atoms with Crippen molar-refractivity contribution in [2.24, 2.45) is 0 Å². The number of aliphatic hydroxyl groups is 1. The second kappa shape index (κ2) is 8.84. The molecule has 9 nitrogen and oxygen atoms in total. The molecule has 2 N–H and O–H groups in total. The largest absolute Gasteiger partial charge is 0.389 e. The van der Waals surface area contributed by atoms with Crippen LogP contribution in [0.3, 0.4) is 0 Å². The molecule has 0 amide bonds. The fraction of sp³-hybridized carbons (Fsp3) is 0.208. The molecule has 178 valence electrons. The van der Waals surface area contributed by atoms with E-state index in [0.717, 1.165) is 16.9 Å². The zero-order valence-electron chi connectivity index (χ0n) is 19.2. The lowest BCUT2D eigenvalue weighted by Gasteiger charge is -2.15. The molecular formula is C24H22F2N8O. The molecule has 0 bridgehead atoms. The third kappa shape index (κ3) is 4.33. The van der Waals surface area contributed by atoms with Crippen LogP contribution in [0.5, 0.6) is 0 Å². The third-order valence-corrected chi connectivity index (χ3v) is 5.54. The van der Waals surface area contributed by atoms with Crippen LogP contribution in [-0.2, 0) is 0 Å². The number of imidazole rings is 1. The van der Waals surface area contributed by atoms with E-state index >= 15 is 0 Å². The highest BCUT2D eigenvalue weighted by Crippen LogP contribution is 2.27. The Morgan fingerprint density at radius 2 is 1.83 bits per heavy atom. The van der Waals surface area contributed by atoms with Gasteiger partial charge in [-0.3, -0.25) is 4.57 Å². The van der Waals surface area contributed by atoms with E-state index in [0.29, 0.717) is 28.4 Å². The maximum absolute atomic E-state index is 13.2. The second-order valence-corrected chi connectivity index (χ2v) is 8.18. The maximum Gasteiger partial charge on any atom is 0.282 e. The fourth-order valence-electron chi connectivity index (χ4n) is 3.78. The fourth-order valence-corrected chi connectivity index (χ4v) is 3.78. The van der Waals surface area contributed by atoms with E-state index in [-0.39, 0.29) is 11.5 Å². The number of alkyl halides is 2. The minimum Gasteiger partial charge on any atom is -0.389 e. The van der Waals surface area contributed by atoms with Crippen LogP contribution in [-0.4, -0.2) is 39.6 Å². The standard InChI is InChI=1S/C24H22F2N8O/c1-13-4-8-21(31-30-13)28-16-5-7-20-18(11-16)27-12-33(20)22-9-6-17(15(3)35)24(29-22)34-14(2)10-19(32-34)23(25)26/h4-12,15,23,35H,1-3H3,(H,28,31)/t15-/m1/s1. The number of aromatic nitrogens is 7. The maximum atomic E-state index is 13.2. The van der Waals surface area contributed by atoms with Crippen molar-refractivity contribution in [1.29, 1.82) is 0 Å². The number of hydrogen-bond donors (Lipinski definition) is 2. The van der Waals surface area contributed by atoms with E-state index < -0.39 is 12.5 Å². The SMILES string of the molecule is Cc1ccc(Nc2ccc3c(c2)ncn3-c2ccc([C@@H](C)O)c(-n3nc(C(F)F)cc3C)n2)nn1. The number of aryl methyl sites for hydroxylation is 2. The number of anilines is 2. The molecule has 5 aromatic rings. The molecule has 1 atom stereocenters. The van der Waals surface area contributed by atoms with Gasteiger partial charge in [-0.2, -0.15) is 10.2 Å². The Labute approximate surface area is 199 Å². The monoisotopic (exact) mass is 476 g/mol. The molecule has 0 spiro atoms. The van der Waals surface area contributed by atoms with Crippen molar-refractivity contribution >= 4 is 22.5 Å². The molecule has 4 aromatic heterocycles. The summed E-state index contributed by atoms with van der Waals surface area (Å²) in [4.78, 5) is 9.17. The molecule has 0 radical (unpaired) electrons. The molecule has 35 heavy (non-hydrogen) atoms. The second-order valence-electron chi connectivity index (χ2n) is 8.18. The summed E-state index contributed by atoms with van der Waals surface area (Å²) in [7, 11) is 0. The highest BCUT2D eigenvalue weighted by Gasteiger charge is 2.20. The summed E-state index contributed by atoms with van der Waals surface area (Å²) in [6.45, 7) is 5.12. The highest BCUT2D eigenvalue weighted by atomic mass is 19.3. The Kier molecular flexibility index (Phi) is 5.69. The first-order valence-electron chi connectivity index (χ1n) is 10.9. The Balaban J connectivity index is 1.54. The van der Waals surface area contributed by atoms with Gasteiger partial charge in [0.25, 0.3) is 6.43 Å². The molecule has 5 rings (SSSR count). The average Bonchev–Trinajstić information content (AvgIpc) is 3.43. The Hall–Kier alpha value is -4.25. The summed E-state index contributed by atoms with van der Waals surface area (Å²) in [6, 6.07) is 14.1. The van der Waals surface area contributed by atoms with Gasteiger partial charge in [0.15, 0.2) is 11.6 Å². The number of benzene rings is 1. The van der Waals surface area contributed by atoms with Gasteiger partial charge in [0, 0.05) is 16.9 Å². The number of halogens is 2. The van der Waals surface area contributed by atoms with Crippen molar-refractivity contribution in [3.8, 4) is 11.6 Å². The van der Waals surface area contributed by atoms with Crippen LogP contribution in [0.15, 0.2) is 54.9 Å². The molecule has 1 aromatic carbocycles. The summed E-state index contributed by atoms with van der Waals surface area (Å²) < 4.78 is 29.6. The van der Waals surface area contributed by atoms with E-state index in [4.69, 9.17) is 0 Å². The van der Waals surface area contributed by atoms with E-state index in [9.17, 15) is 13.9 Å². The highest BCUT2D eigenvalue weighted by molar-refractivity contribution is 5.82. The van der Waals surface area contributed by atoms with Gasteiger partial charge in [-0.05, 0) is 69.3 Å². The lowest BCUT2D eigenvalue weighted by molar-refractivity contribution is 0.145. The lowest BCUT2D eigenvalue weighted by atomic mass is 10.1. The predicted molar refractivity (Wildman–Crippen MR) is 126 cm³/mol. The molecule has 0 aliphatic carbocycles. The van der Waals surface area contributed by atoms with Gasteiger partial charge in [0.05, 0.1) is 22.8 Å². The van der Waals surface area contributed by atoms with Gasteiger partial charge < -0.3 is 10.4 Å². The Morgan fingerprint density at radius 1 is 1.00 bits per heavy atom. The molecule has 11 heteroatoms. The van der Waals surface area contributed by atoms with Gasteiger partial charge in [-0.1, -0.05) is 0 Å². The van der Waals surface area contributed by atoms with E-state index in [1.165, 1.54) is 10.7 Å². The molecule has 0 unspecified atom stereocenters. The average molecular weight is 476 g/mol. The van der Waals surface area contributed by atoms with Crippen molar-refractivity contribution in [2.75, 3.05) is 5.32 Å². The van der Waals surface area contributed by atoms with Crippen molar-refractivity contribution in [2.45, 2.75) is 33.3 Å². The first kappa shape index (κ1) is 22.5. The van der Waals surface area contributed by atoms with Crippen molar-refractivity contribution in [3.05, 3.63) is 77.5 Å². The van der Waals surface area contributed by atoms with Gasteiger partial charge in [-0.25, -0.2) is 23.4 Å². The van der Waals surface area contributed by atoms with Crippen LogP contribution in [0, 0.1) is 13.8 Å². The summed E-state index contributed by atoms with van der Waals surface area (Å²) >= 11 is 0. The van der Waals surface area contributed by atoms with Gasteiger partial charge in [-0.15, -0.1) is 5.10 Å². The van der Waals surface area contributed by atoms with Gasteiger partial charge in [0.2, 0.25) is 0 Å². The minimum atomic E-state index is -2.71. The molecule has 0 aliphatic heterocycles. The van der Waals surface area contributed by atoms with E-state index in [1.807, 2.05) is 37.3 Å². The van der Waals surface area contributed by atoms with Gasteiger partial charge in [0.1, 0.15) is 17.8 Å². The number of nitrogens with zero attached hydrogens (tertiary/aromatic N) is 7. The van der Waals surface area contributed by atoms with Crippen LogP contribution < -0.4 is 5.32 Å². The molecular weight excluding hydrogens is 454 g/mol. The van der Waals surface area contributed by atoms with E-state index in [1.54, 1.807) is 36.9 Å². The van der Waals surface area contributed by atoms with Gasteiger partial charge >= 0.3 is 0 Å². The molecule has 4 heterocycles. The zero-order valence-corrected chi connectivity index (χ0v) is 19.2. The first-order chi connectivity index (χ1) is 16.8. The summed E-state index contributed by atoms with van der Waals surface area (Å²) in [5, 5.41) is 25.6. The number of aliphatic hydroxyl groups excluding tert-OH is 1. The minimum absolute atomic E-state index is 0.278. The summed E-state index contributed by atoms with van der Waals surface area (Å²) in [5.41, 5.74) is 3.73. The smallest absolute Gasteiger partial charge is 0.282 e. The van der Waals surface area contributed by atoms with Crippen molar-refractivity contribution in [1.82, 2.24) is 34.5 Å². The quantitative estimate of drug-likeness (QED) is 0.364. The molecule has 0 saturated carbocycles. The van der Waals surface area contributed by atoms with Crippen LogP contribution in [0.1, 0.15) is 42.1 Å². The van der Waals surface area contributed by atoms with Crippen molar-refractivity contribution < 1.29 is 13.9 Å². The number of pyridine rings is 1. The normalized spacial score (nSPS) is 12.4. The Morgan fingerprint density at radius 3 is 2.51 bits per heavy atom. The number of rotatable bonds is 6. The first-order valence-corrected chi connectivity index (χ1v) is 10.9. The summed E-state index contributed by atoms with van der Waals surface area (Å²) in [6.07, 6.45) is -1.95. The van der Waals surface area contributed by atoms with Crippen LogP contribution >= 0.6 is 0 Å². The molecule has 0 saturated heterocycles. The lowest BCUT2D eigenvalue weighted by Crippen LogP contribution is -2.11. The van der Waals surface area contributed by atoms with Crippen LogP contribution in [0.2, 0.25) is 0 Å². The Bertz CT molecular complexity index is 1510. The molecule has 0 aliphatic rings. The van der Waals surface area contributed by atoms with Crippen LogP contribution in [0.4, 0.5) is 20.3 Å². The number of fused-ring (bicyclic) bond motifs is 1. The zero-order chi connectivity index (χ0) is 24.7. The van der Waals surface area contributed by atoms with Crippen molar-refractivity contribution in [3.63, 3.8) is 0 Å². The third-order valence-electron chi connectivity index (χ3n) is 5.54. The summed E-state index contributed by atoms with van der Waals surface area (Å²) in [5.74, 6) is 1.40. The van der Waals surface area contributed by atoms with Crippen LogP contribution in [0.25, 0.3) is 22.7 Å². The van der Waals surface area contributed by atoms with E-state index in [2.05, 4.69) is 30.6 Å². The predicted octanol–water partition coefficient (Wildman–Crippen LogP) is 4.75. The number of nitrogens with one attached hydrogen (secondary N) is 1. The molecule has 0 fully saturated rings. The topological polar surface area (TPSA) is 107 Å².